The third-order valence-electron chi connectivity index (χ3n) is 3.04. The number of rotatable bonds is 7. The van der Waals surface area contributed by atoms with Crippen LogP contribution in [0.1, 0.15) is 10.4 Å². The van der Waals surface area contributed by atoms with Crippen molar-refractivity contribution >= 4 is 16.0 Å². The van der Waals surface area contributed by atoms with Gasteiger partial charge in [-0.05, 0) is 42.5 Å². The molecule has 0 saturated heterocycles. The van der Waals surface area contributed by atoms with Crippen molar-refractivity contribution in [2.45, 2.75) is 4.90 Å². The number of hydrogen-bond donors (Lipinski definition) is 1. The second-order valence-electron chi connectivity index (χ2n) is 4.73. The molecule has 0 aromatic heterocycles. The highest BCUT2D eigenvalue weighted by Gasteiger charge is 2.09. The molecule has 0 bridgehead atoms. The number of esters is 1. The van der Waals surface area contributed by atoms with Gasteiger partial charge in [0.15, 0.2) is 0 Å². The maximum absolute atomic E-state index is 11.9. The number of nitrogens with two attached hydrogens (primary N) is 1. The largest absolute Gasteiger partial charge is 0.497 e. The van der Waals surface area contributed by atoms with Gasteiger partial charge in [0.1, 0.15) is 24.7 Å². The van der Waals surface area contributed by atoms with Crippen molar-refractivity contribution in [1.82, 2.24) is 0 Å². The zero-order chi connectivity index (χ0) is 17.6. The first-order valence-electron chi connectivity index (χ1n) is 6.97. The molecule has 0 saturated carbocycles. The van der Waals surface area contributed by atoms with Crippen molar-refractivity contribution in [2.24, 2.45) is 5.14 Å². The smallest absolute Gasteiger partial charge is 0.338 e. The van der Waals surface area contributed by atoms with Crippen molar-refractivity contribution in [2.75, 3.05) is 20.3 Å². The van der Waals surface area contributed by atoms with E-state index in [0.29, 0.717) is 17.1 Å². The van der Waals surface area contributed by atoms with Gasteiger partial charge in [0.25, 0.3) is 0 Å². The molecule has 24 heavy (non-hydrogen) atoms. The van der Waals surface area contributed by atoms with Crippen molar-refractivity contribution in [3.05, 3.63) is 54.1 Å². The van der Waals surface area contributed by atoms with E-state index in [-0.39, 0.29) is 18.1 Å². The number of sulfonamides is 1. The standard InChI is InChI=1S/C16H17NO6S/c1-21-14-4-2-3-12(11-14)16(18)23-10-9-22-13-5-7-15(8-6-13)24(17,19)20/h2-8,11H,9-10H2,1H3,(H2,17,19,20). The fourth-order valence-electron chi connectivity index (χ4n) is 1.85. The number of hydrogen-bond acceptors (Lipinski definition) is 6. The Balaban J connectivity index is 1.81. The molecule has 2 N–H and O–H groups in total. The zero-order valence-electron chi connectivity index (χ0n) is 13.0. The molecule has 0 unspecified atom stereocenters. The number of primary sulfonamides is 1. The van der Waals surface area contributed by atoms with E-state index in [1.807, 2.05) is 0 Å². The summed E-state index contributed by atoms with van der Waals surface area (Å²) < 4.78 is 37.8. The molecule has 8 heteroatoms. The molecule has 0 heterocycles. The van der Waals surface area contributed by atoms with E-state index in [4.69, 9.17) is 19.3 Å². The average molecular weight is 351 g/mol. The summed E-state index contributed by atoms with van der Waals surface area (Å²) in [6.07, 6.45) is 0. The highest BCUT2D eigenvalue weighted by Crippen LogP contribution is 2.15. The van der Waals surface area contributed by atoms with Crippen LogP contribution in [0, 0.1) is 0 Å². The van der Waals surface area contributed by atoms with Gasteiger partial charge in [-0.1, -0.05) is 6.07 Å². The molecular weight excluding hydrogens is 334 g/mol. The minimum Gasteiger partial charge on any atom is -0.497 e. The lowest BCUT2D eigenvalue weighted by molar-refractivity contribution is 0.0450. The van der Waals surface area contributed by atoms with Gasteiger partial charge in [-0.3, -0.25) is 0 Å². The van der Waals surface area contributed by atoms with E-state index in [1.165, 1.54) is 31.4 Å². The highest BCUT2D eigenvalue weighted by atomic mass is 32.2. The van der Waals surface area contributed by atoms with Crippen LogP contribution < -0.4 is 14.6 Å². The molecule has 2 rings (SSSR count). The third-order valence-corrected chi connectivity index (χ3v) is 3.97. The van der Waals surface area contributed by atoms with Crippen LogP contribution in [0.25, 0.3) is 0 Å². The second kappa shape index (κ2) is 7.80. The number of carbonyl (C=O) groups excluding carboxylic acids is 1. The molecular formula is C16H17NO6S. The van der Waals surface area contributed by atoms with E-state index in [0.717, 1.165) is 0 Å². The molecule has 2 aromatic rings. The Morgan fingerprint density at radius 2 is 1.75 bits per heavy atom. The third kappa shape index (κ3) is 4.97. The van der Waals surface area contributed by atoms with Crippen LogP contribution in [0.4, 0.5) is 0 Å². The van der Waals surface area contributed by atoms with Gasteiger partial charge in [0, 0.05) is 0 Å². The summed E-state index contributed by atoms with van der Waals surface area (Å²) in [5.41, 5.74) is 0.381. The van der Waals surface area contributed by atoms with Crippen LogP contribution in [0.3, 0.4) is 0 Å². The van der Waals surface area contributed by atoms with Crippen molar-refractivity contribution in [1.29, 1.82) is 0 Å². The van der Waals surface area contributed by atoms with Gasteiger partial charge in [0.05, 0.1) is 17.6 Å². The molecule has 128 valence electrons. The maximum atomic E-state index is 11.9. The summed E-state index contributed by atoms with van der Waals surface area (Å²) in [6.45, 7) is 0.178. The van der Waals surface area contributed by atoms with E-state index in [1.54, 1.807) is 24.3 Å². The summed E-state index contributed by atoms with van der Waals surface area (Å²) in [5.74, 6) is 0.526. The lowest BCUT2D eigenvalue weighted by atomic mass is 10.2. The normalized spacial score (nSPS) is 10.9. The Bertz CT molecular complexity index is 802. The summed E-state index contributed by atoms with van der Waals surface area (Å²) in [4.78, 5) is 11.9. The molecule has 0 amide bonds. The van der Waals surface area contributed by atoms with Gasteiger partial charge in [-0.2, -0.15) is 0 Å². The second-order valence-corrected chi connectivity index (χ2v) is 6.29. The Hall–Kier alpha value is -2.58. The Morgan fingerprint density at radius 3 is 2.38 bits per heavy atom. The number of methoxy groups -OCH3 is 1. The molecule has 0 aliphatic rings. The molecule has 0 aliphatic heterocycles. The van der Waals surface area contributed by atoms with Crippen molar-refractivity contribution < 1.29 is 27.4 Å². The molecule has 2 aromatic carbocycles. The Labute approximate surface area is 140 Å². The monoisotopic (exact) mass is 351 g/mol. The van der Waals surface area contributed by atoms with E-state index >= 15 is 0 Å². The van der Waals surface area contributed by atoms with Gasteiger partial charge >= 0.3 is 5.97 Å². The maximum Gasteiger partial charge on any atom is 0.338 e. The van der Waals surface area contributed by atoms with Gasteiger partial charge in [-0.25, -0.2) is 18.4 Å². The van der Waals surface area contributed by atoms with Crippen LogP contribution >= 0.6 is 0 Å². The van der Waals surface area contributed by atoms with E-state index < -0.39 is 16.0 Å². The minimum atomic E-state index is -3.73. The topological polar surface area (TPSA) is 105 Å². The zero-order valence-corrected chi connectivity index (χ0v) is 13.8. The van der Waals surface area contributed by atoms with E-state index in [9.17, 15) is 13.2 Å². The van der Waals surface area contributed by atoms with Crippen LogP contribution in [0.5, 0.6) is 11.5 Å². The Kier molecular flexibility index (Phi) is 5.78. The van der Waals surface area contributed by atoms with Crippen molar-refractivity contribution in [3.63, 3.8) is 0 Å². The fourth-order valence-corrected chi connectivity index (χ4v) is 2.37. The van der Waals surface area contributed by atoms with Gasteiger partial charge in [0.2, 0.25) is 10.0 Å². The first kappa shape index (κ1) is 17.8. The first-order valence-corrected chi connectivity index (χ1v) is 8.51. The number of benzene rings is 2. The van der Waals surface area contributed by atoms with Crippen LogP contribution in [0.2, 0.25) is 0 Å². The molecule has 0 atom stereocenters. The molecule has 0 fully saturated rings. The summed E-state index contributed by atoms with van der Waals surface area (Å²) in [6, 6.07) is 12.3. The van der Waals surface area contributed by atoms with Gasteiger partial charge in [-0.15, -0.1) is 0 Å². The molecule has 0 spiro atoms. The SMILES string of the molecule is COc1cccc(C(=O)OCCOc2ccc(S(N)(=O)=O)cc2)c1. The molecule has 0 aliphatic carbocycles. The van der Waals surface area contributed by atoms with E-state index in [2.05, 4.69) is 0 Å². The van der Waals surface area contributed by atoms with Crippen LogP contribution in [-0.4, -0.2) is 34.7 Å². The predicted molar refractivity (Wildman–Crippen MR) is 86.6 cm³/mol. The quantitative estimate of drug-likeness (QED) is 0.600. The summed E-state index contributed by atoms with van der Waals surface area (Å²) in [7, 11) is -2.21. The minimum absolute atomic E-state index is 0.000646. The predicted octanol–water partition coefficient (Wildman–Crippen LogP) is 1.58. The van der Waals surface area contributed by atoms with Crippen molar-refractivity contribution in [3.8, 4) is 11.5 Å². The average Bonchev–Trinajstić information content (AvgIpc) is 2.58. The summed E-state index contributed by atoms with van der Waals surface area (Å²) in [5, 5.41) is 5.00. The fraction of sp³-hybridized carbons (Fsp3) is 0.188. The lowest BCUT2D eigenvalue weighted by Crippen LogP contribution is -2.13. The highest BCUT2D eigenvalue weighted by molar-refractivity contribution is 7.89. The van der Waals surface area contributed by atoms with Gasteiger partial charge < -0.3 is 14.2 Å². The summed E-state index contributed by atoms with van der Waals surface area (Å²) >= 11 is 0. The lowest BCUT2D eigenvalue weighted by Gasteiger charge is -2.08. The van der Waals surface area contributed by atoms with Crippen LogP contribution in [0.15, 0.2) is 53.4 Å². The molecule has 0 radical (unpaired) electrons. The van der Waals surface area contributed by atoms with Crippen LogP contribution in [-0.2, 0) is 14.8 Å². The Morgan fingerprint density at radius 1 is 1.04 bits per heavy atom. The molecule has 7 nitrogen and oxygen atoms in total. The first-order chi connectivity index (χ1) is 11.4. The number of ether oxygens (including phenoxy) is 3. The number of carbonyl (C=O) groups is 1.